The normalized spacial score (nSPS) is 18.8. The Kier molecular flexibility index (Phi) is 5.67. The van der Waals surface area contributed by atoms with Crippen molar-refractivity contribution >= 4 is 5.91 Å². The number of aliphatic hydroxyl groups excluding tert-OH is 1. The van der Waals surface area contributed by atoms with Crippen LogP contribution in [0.15, 0.2) is 18.2 Å². The molecule has 0 saturated carbocycles. The van der Waals surface area contributed by atoms with Gasteiger partial charge in [0.2, 0.25) is 5.91 Å². The fourth-order valence-electron chi connectivity index (χ4n) is 2.76. The van der Waals surface area contributed by atoms with Gasteiger partial charge in [0, 0.05) is 26.1 Å². The number of aryl methyl sites for hydroxylation is 1. The van der Waals surface area contributed by atoms with Crippen molar-refractivity contribution in [3.05, 3.63) is 35.4 Å². The summed E-state index contributed by atoms with van der Waals surface area (Å²) in [4.78, 5) is 13.8. The Hall–Kier alpha value is -1.49. The highest BCUT2D eigenvalue weighted by Crippen LogP contribution is 2.18. The quantitative estimate of drug-likeness (QED) is 0.907. The highest BCUT2D eigenvalue weighted by Gasteiger charge is 2.22. The van der Waals surface area contributed by atoms with Gasteiger partial charge in [-0.25, -0.2) is 8.78 Å². The average molecular weight is 297 g/mol. The Bertz CT molecular complexity index is 493. The monoisotopic (exact) mass is 297 g/mol. The summed E-state index contributed by atoms with van der Waals surface area (Å²) in [6.45, 7) is 1.44. The van der Waals surface area contributed by atoms with Gasteiger partial charge in [0.15, 0.2) is 0 Å². The van der Waals surface area contributed by atoms with Crippen LogP contribution in [0.3, 0.4) is 0 Å². The summed E-state index contributed by atoms with van der Waals surface area (Å²) in [5, 5.41) is 9.16. The van der Waals surface area contributed by atoms with E-state index < -0.39 is 11.6 Å². The molecule has 21 heavy (non-hydrogen) atoms. The summed E-state index contributed by atoms with van der Waals surface area (Å²) in [6.07, 6.45) is 3.05. The molecule has 1 saturated heterocycles. The Morgan fingerprint density at radius 1 is 1.38 bits per heavy atom. The predicted molar refractivity (Wildman–Crippen MR) is 75.7 cm³/mol. The van der Waals surface area contributed by atoms with Crippen LogP contribution in [-0.4, -0.2) is 35.6 Å². The molecule has 3 nitrogen and oxygen atoms in total. The Morgan fingerprint density at radius 2 is 2.19 bits per heavy atom. The van der Waals surface area contributed by atoms with E-state index in [-0.39, 0.29) is 18.4 Å². The third kappa shape index (κ3) is 4.49. The molecule has 0 aromatic heterocycles. The summed E-state index contributed by atoms with van der Waals surface area (Å²) in [5.74, 6) is -0.685. The molecule has 1 atom stereocenters. The zero-order valence-electron chi connectivity index (χ0n) is 12.0. The van der Waals surface area contributed by atoms with Gasteiger partial charge in [0.05, 0.1) is 0 Å². The van der Waals surface area contributed by atoms with Gasteiger partial charge in [-0.15, -0.1) is 0 Å². The maximum absolute atomic E-state index is 13.5. The zero-order valence-corrected chi connectivity index (χ0v) is 12.0. The molecular weight excluding hydrogens is 276 g/mol. The number of nitrogens with zero attached hydrogens (tertiary/aromatic N) is 1. The molecule has 1 aromatic carbocycles. The van der Waals surface area contributed by atoms with Crippen molar-refractivity contribution in [3.8, 4) is 0 Å². The van der Waals surface area contributed by atoms with E-state index in [1.54, 1.807) is 4.90 Å². The van der Waals surface area contributed by atoms with E-state index in [2.05, 4.69) is 0 Å². The van der Waals surface area contributed by atoms with Gasteiger partial charge in [-0.2, -0.15) is 0 Å². The first-order valence-corrected chi connectivity index (χ1v) is 7.42. The van der Waals surface area contributed by atoms with E-state index in [1.165, 1.54) is 6.07 Å². The van der Waals surface area contributed by atoms with Crippen LogP contribution in [0.4, 0.5) is 8.78 Å². The van der Waals surface area contributed by atoms with E-state index in [9.17, 15) is 13.6 Å². The first-order chi connectivity index (χ1) is 10.1. The number of hydrogen-bond donors (Lipinski definition) is 1. The molecular formula is C16H21F2NO2. The molecule has 5 heteroatoms. The van der Waals surface area contributed by atoms with Gasteiger partial charge in [-0.3, -0.25) is 4.79 Å². The maximum atomic E-state index is 13.5. The zero-order chi connectivity index (χ0) is 15.2. The lowest BCUT2D eigenvalue weighted by Gasteiger charge is -2.32. The lowest BCUT2D eigenvalue weighted by molar-refractivity contribution is -0.133. The minimum Gasteiger partial charge on any atom is -0.396 e. The van der Waals surface area contributed by atoms with E-state index >= 15 is 0 Å². The smallest absolute Gasteiger partial charge is 0.222 e. The second-order valence-corrected chi connectivity index (χ2v) is 5.62. The molecule has 1 heterocycles. The summed E-state index contributed by atoms with van der Waals surface area (Å²) in [7, 11) is 0. The molecule has 0 spiro atoms. The van der Waals surface area contributed by atoms with Gasteiger partial charge in [-0.1, -0.05) is 0 Å². The SMILES string of the molecule is O=C(CCCc1cc(F)ccc1F)N1CCCC(CO)C1. The molecule has 1 amide bonds. The third-order valence-electron chi connectivity index (χ3n) is 3.97. The molecule has 1 unspecified atom stereocenters. The molecule has 1 aliphatic heterocycles. The van der Waals surface area contributed by atoms with Crippen molar-refractivity contribution < 1.29 is 18.7 Å². The minimum absolute atomic E-state index is 0.0324. The van der Waals surface area contributed by atoms with Gasteiger partial charge in [0.25, 0.3) is 0 Å². The lowest BCUT2D eigenvalue weighted by Crippen LogP contribution is -2.40. The second kappa shape index (κ2) is 7.50. The van der Waals surface area contributed by atoms with Crippen LogP contribution in [-0.2, 0) is 11.2 Å². The molecule has 0 radical (unpaired) electrons. The van der Waals surface area contributed by atoms with Crippen molar-refractivity contribution in [3.63, 3.8) is 0 Å². The topological polar surface area (TPSA) is 40.5 Å². The number of amides is 1. The Labute approximate surface area is 123 Å². The van der Waals surface area contributed by atoms with Crippen molar-refractivity contribution in [1.29, 1.82) is 0 Å². The van der Waals surface area contributed by atoms with Crippen molar-refractivity contribution in [1.82, 2.24) is 4.90 Å². The van der Waals surface area contributed by atoms with Crippen molar-refractivity contribution in [2.24, 2.45) is 5.92 Å². The Balaban J connectivity index is 1.80. The molecule has 1 N–H and O–H groups in total. The third-order valence-corrected chi connectivity index (χ3v) is 3.97. The van der Waals surface area contributed by atoms with Gasteiger partial charge < -0.3 is 10.0 Å². The molecule has 1 fully saturated rings. The van der Waals surface area contributed by atoms with Crippen LogP contribution in [0.2, 0.25) is 0 Å². The van der Waals surface area contributed by atoms with Crippen LogP contribution in [0.25, 0.3) is 0 Å². The van der Waals surface area contributed by atoms with E-state index in [4.69, 9.17) is 5.11 Å². The van der Waals surface area contributed by atoms with E-state index in [1.807, 2.05) is 0 Å². The number of carbonyl (C=O) groups is 1. The minimum atomic E-state index is -0.459. The number of piperidine rings is 1. The summed E-state index contributed by atoms with van der Waals surface area (Å²) in [6, 6.07) is 3.39. The van der Waals surface area contributed by atoms with Gasteiger partial charge in [0.1, 0.15) is 11.6 Å². The Morgan fingerprint density at radius 3 is 2.95 bits per heavy atom. The van der Waals surface area contributed by atoms with Crippen LogP contribution < -0.4 is 0 Å². The number of carbonyl (C=O) groups excluding carboxylic acids is 1. The molecule has 0 aliphatic carbocycles. The maximum Gasteiger partial charge on any atom is 0.222 e. The molecule has 1 aromatic rings. The average Bonchev–Trinajstić information content (AvgIpc) is 2.50. The first-order valence-electron chi connectivity index (χ1n) is 7.42. The fourth-order valence-corrected chi connectivity index (χ4v) is 2.76. The van der Waals surface area contributed by atoms with Gasteiger partial charge >= 0.3 is 0 Å². The van der Waals surface area contributed by atoms with E-state index in [0.717, 1.165) is 31.5 Å². The first kappa shape index (κ1) is 15.9. The summed E-state index contributed by atoms with van der Waals surface area (Å²) >= 11 is 0. The number of benzene rings is 1. The highest BCUT2D eigenvalue weighted by molar-refractivity contribution is 5.76. The largest absolute Gasteiger partial charge is 0.396 e. The standard InChI is InChI=1S/C16H21F2NO2/c17-14-6-7-15(18)13(9-14)4-1-5-16(21)19-8-2-3-12(10-19)11-20/h6-7,9,12,20H,1-5,8,10-11H2. The number of halogens is 2. The second-order valence-electron chi connectivity index (χ2n) is 5.62. The molecule has 116 valence electrons. The predicted octanol–water partition coefficient (Wildman–Crippen LogP) is 2.52. The van der Waals surface area contributed by atoms with Crippen LogP contribution >= 0.6 is 0 Å². The van der Waals surface area contributed by atoms with Crippen molar-refractivity contribution in [2.75, 3.05) is 19.7 Å². The number of aliphatic hydroxyl groups is 1. The van der Waals surface area contributed by atoms with Crippen LogP contribution in [0.5, 0.6) is 0 Å². The molecule has 0 bridgehead atoms. The molecule has 2 rings (SSSR count). The number of likely N-dealkylation sites (tertiary alicyclic amines) is 1. The van der Waals surface area contributed by atoms with Crippen LogP contribution in [0.1, 0.15) is 31.2 Å². The summed E-state index contributed by atoms with van der Waals surface area (Å²) in [5.41, 5.74) is 0.315. The number of rotatable bonds is 5. The highest BCUT2D eigenvalue weighted by atomic mass is 19.1. The van der Waals surface area contributed by atoms with Crippen LogP contribution in [0, 0.1) is 17.6 Å². The van der Waals surface area contributed by atoms with Gasteiger partial charge in [-0.05, 0) is 55.4 Å². The lowest BCUT2D eigenvalue weighted by atomic mass is 9.98. The van der Waals surface area contributed by atoms with E-state index in [0.29, 0.717) is 31.4 Å². The van der Waals surface area contributed by atoms with Crippen molar-refractivity contribution in [2.45, 2.75) is 32.1 Å². The summed E-state index contributed by atoms with van der Waals surface area (Å²) < 4.78 is 26.5. The molecule has 1 aliphatic rings. The number of hydrogen-bond acceptors (Lipinski definition) is 2. The fraction of sp³-hybridized carbons (Fsp3) is 0.562.